The predicted octanol–water partition coefficient (Wildman–Crippen LogP) is 2.88. The SMILES string of the molecule is COc1ccc2cc(C(=O)NC[C@@](C)(O)c3cccs3)[nH]c2c1. The minimum atomic E-state index is -1.08. The van der Waals surface area contributed by atoms with Gasteiger partial charge in [0.2, 0.25) is 0 Å². The fourth-order valence-corrected chi connectivity index (χ4v) is 3.16. The van der Waals surface area contributed by atoms with E-state index < -0.39 is 5.60 Å². The van der Waals surface area contributed by atoms with Gasteiger partial charge in [-0.3, -0.25) is 4.79 Å². The molecule has 0 radical (unpaired) electrons. The van der Waals surface area contributed by atoms with Gasteiger partial charge in [0.25, 0.3) is 5.91 Å². The number of aromatic nitrogens is 1. The molecule has 0 unspecified atom stereocenters. The molecule has 1 atom stereocenters. The molecule has 23 heavy (non-hydrogen) atoms. The lowest BCUT2D eigenvalue weighted by Gasteiger charge is -2.22. The molecule has 0 saturated heterocycles. The highest BCUT2D eigenvalue weighted by Crippen LogP contribution is 2.25. The van der Waals surface area contributed by atoms with Gasteiger partial charge in [-0.05, 0) is 36.6 Å². The zero-order valence-corrected chi connectivity index (χ0v) is 13.7. The van der Waals surface area contributed by atoms with Gasteiger partial charge < -0.3 is 20.1 Å². The van der Waals surface area contributed by atoms with Gasteiger partial charge in [0.15, 0.2) is 0 Å². The van der Waals surface area contributed by atoms with E-state index in [1.165, 1.54) is 11.3 Å². The van der Waals surface area contributed by atoms with Crippen molar-refractivity contribution in [2.24, 2.45) is 0 Å². The van der Waals surface area contributed by atoms with Crippen LogP contribution in [0.3, 0.4) is 0 Å². The first-order chi connectivity index (χ1) is 11.0. The van der Waals surface area contributed by atoms with E-state index in [0.29, 0.717) is 5.69 Å². The molecule has 2 heterocycles. The quantitative estimate of drug-likeness (QED) is 0.673. The number of rotatable bonds is 5. The maximum Gasteiger partial charge on any atom is 0.267 e. The van der Waals surface area contributed by atoms with Crippen LogP contribution in [0.15, 0.2) is 41.8 Å². The van der Waals surface area contributed by atoms with Crippen LogP contribution < -0.4 is 10.1 Å². The molecule has 0 aliphatic rings. The zero-order valence-electron chi connectivity index (χ0n) is 12.9. The second kappa shape index (κ2) is 6.06. The lowest BCUT2D eigenvalue weighted by molar-refractivity contribution is 0.0555. The Hall–Kier alpha value is -2.31. The van der Waals surface area contributed by atoms with Crippen molar-refractivity contribution in [1.82, 2.24) is 10.3 Å². The Morgan fingerprint density at radius 3 is 2.91 bits per heavy atom. The molecule has 120 valence electrons. The Labute approximate surface area is 137 Å². The molecule has 6 heteroatoms. The molecule has 3 N–H and O–H groups in total. The van der Waals surface area contributed by atoms with Crippen LogP contribution in [0, 0.1) is 0 Å². The minimum Gasteiger partial charge on any atom is -0.497 e. The van der Waals surface area contributed by atoms with Gasteiger partial charge in [-0.1, -0.05) is 6.07 Å². The first-order valence-corrected chi connectivity index (χ1v) is 8.09. The molecule has 0 fully saturated rings. The van der Waals surface area contributed by atoms with E-state index >= 15 is 0 Å². The highest BCUT2D eigenvalue weighted by Gasteiger charge is 2.25. The third-order valence-electron chi connectivity index (χ3n) is 3.72. The van der Waals surface area contributed by atoms with Crippen LogP contribution in [0.5, 0.6) is 5.75 Å². The maximum atomic E-state index is 12.3. The van der Waals surface area contributed by atoms with E-state index in [1.54, 1.807) is 20.1 Å². The lowest BCUT2D eigenvalue weighted by Crippen LogP contribution is -2.38. The van der Waals surface area contributed by atoms with E-state index in [0.717, 1.165) is 21.5 Å². The number of benzene rings is 1. The second-order valence-corrected chi connectivity index (χ2v) is 6.52. The number of hydrogen-bond acceptors (Lipinski definition) is 4. The number of thiophene rings is 1. The molecular formula is C17H18N2O3S. The van der Waals surface area contributed by atoms with Gasteiger partial charge in [0, 0.05) is 21.8 Å². The van der Waals surface area contributed by atoms with Crippen molar-refractivity contribution < 1.29 is 14.6 Å². The summed E-state index contributed by atoms with van der Waals surface area (Å²) in [5, 5.41) is 16.1. The molecule has 0 aliphatic heterocycles. The van der Waals surface area contributed by atoms with E-state index in [-0.39, 0.29) is 12.5 Å². The Balaban J connectivity index is 1.73. The van der Waals surface area contributed by atoms with Gasteiger partial charge in [-0.2, -0.15) is 0 Å². The van der Waals surface area contributed by atoms with Gasteiger partial charge >= 0.3 is 0 Å². The highest BCUT2D eigenvalue weighted by atomic mass is 32.1. The average Bonchev–Trinajstić information content (AvgIpc) is 3.21. The summed E-state index contributed by atoms with van der Waals surface area (Å²) >= 11 is 1.46. The summed E-state index contributed by atoms with van der Waals surface area (Å²) in [4.78, 5) is 16.2. The molecule has 2 aromatic heterocycles. The third kappa shape index (κ3) is 3.23. The average molecular weight is 330 g/mol. The molecule has 1 amide bonds. The fraction of sp³-hybridized carbons (Fsp3) is 0.235. The number of methoxy groups -OCH3 is 1. The Kier molecular flexibility index (Phi) is 4.11. The van der Waals surface area contributed by atoms with Crippen molar-refractivity contribution in [3.05, 3.63) is 52.3 Å². The van der Waals surface area contributed by atoms with Crippen molar-refractivity contribution in [3.8, 4) is 5.75 Å². The van der Waals surface area contributed by atoms with Crippen molar-refractivity contribution in [3.63, 3.8) is 0 Å². The summed E-state index contributed by atoms with van der Waals surface area (Å²) in [6.45, 7) is 1.83. The van der Waals surface area contributed by atoms with Gasteiger partial charge in [0.05, 0.1) is 13.7 Å². The van der Waals surface area contributed by atoms with Crippen LogP contribution in [-0.2, 0) is 5.60 Å². The number of carbonyl (C=O) groups is 1. The standard InChI is InChI=1S/C17H18N2O3S/c1-17(21,15-4-3-7-23-15)10-18-16(20)14-8-11-5-6-12(22-2)9-13(11)19-14/h3-9,19,21H,10H2,1-2H3,(H,18,20)/t17-/m1/s1. The van der Waals surface area contributed by atoms with E-state index in [1.807, 2.05) is 35.7 Å². The zero-order chi connectivity index (χ0) is 16.4. The minimum absolute atomic E-state index is 0.144. The number of H-pyrrole nitrogens is 1. The number of aliphatic hydroxyl groups is 1. The lowest BCUT2D eigenvalue weighted by atomic mass is 10.1. The van der Waals surface area contributed by atoms with Crippen LogP contribution in [0.1, 0.15) is 22.3 Å². The number of ether oxygens (including phenoxy) is 1. The van der Waals surface area contributed by atoms with E-state index in [2.05, 4.69) is 10.3 Å². The van der Waals surface area contributed by atoms with Gasteiger partial charge in [-0.25, -0.2) is 0 Å². The van der Waals surface area contributed by atoms with Gasteiger partial charge in [-0.15, -0.1) is 11.3 Å². The molecule has 0 bridgehead atoms. The summed E-state index contributed by atoms with van der Waals surface area (Å²) in [6, 6.07) is 11.1. The number of amides is 1. The molecule has 1 aromatic carbocycles. The molecular weight excluding hydrogens is 312 g/mol. The van der Waals surface area contributed by atoms with E-state index in [9.17, 15) is 9.90 Å². The number of hydrogen-bond donors (Lipinski definition) is 3. The summed E-state index contributed by atoms with van der Waals surface area (Å²) in [5.74, 6) is 0.476. The Morgan fingerprint density at radius 2 is 2.22 bits per heavy atom. The molecule has 3 rings (SSSR count). The first-order valence-electron chi connectivity index (χ1n) is 7.21. The molecule has 5 nitrogen and oxygen atoms in total. The Morgan fingerprint density at radius 1 is 1.39 bits per heavy atom. The second-order valence-electron chi connectivity index (χ2n) is 5.57. The summed E-state index contributed by atoms with van der Waals surface area (Å²) < 4.78 is 5.17. The van der Waals surface area contributed by atoms with Crippen LogP contribution in [-0.4, -0.2) is 29.7 Å². The highest BCUT2D eigenvalue weighted by molar-refractivity contribution is 7.10. The predicted molar refractivity (Wildman–Crippen MR) is 91.1 cm³/mol. The Bertz CT molecular complexity index is 822. The van der Waals surface area contributed by atoms with Gasteiger partial charge in [0.1, 0.15) is 17.0 Å². The summed E-state index contributed by atoms with van der Waals surface area (Å²) in [6.07, 6.45) is 0. The number of aromatic amines is 1. The molecule has 0 saturated carbocycles. The van der Waals surface area contributed by atoms with Crippen molar-refractivity contribution in [2.45, 2.75) is 12.5 Å². The summed E-state index contributed by atoms with van der Waals surface area (Å²) in [5.41, 5.74) is 0.203. The fourth-order valence-electron chi connectivity index (χ4n) is 2.38. The van der Waals surface area contributed by atoms with Crippen molar-refractivity contribution in [1.29, 1.82) is 0 Å². The summed E-state index contributed by atoms with van der Waals surface area (Å²) in [7, 11) is 1.60. The topological polar surface area (TPSA) is 74.3 Å². The maximum absolute atomic E-state index is 12.3. The third-order valence-corrected chi connectivity index (χ3v) is 4.84. The number of carbonyl (C=O) groups excluding carboxylic acids is 1. The largest absolute Gasteiger partial charge is 0.497 e. The van der Waals surface area contributed by atoms with Crippen LogP contribution in [0.25, 0.3) is 10.9 Å². The van der Waals surface area contributed by atoms with Crippen molar-refractivity contribution in [2.75, 3.05) is 13.7 Å². The van der Waals surface area contributed by atoms with E-state index in [4.69, 9.17) is 4.74 Å². The van der Waals surface area contributed by atoms with Crippen LogP contribution in [0.2, 0.25) is 0 Å². The van der Waals surface area contributed by atoms with Crippen LogP contribution in [0.4, 0.5) is 0 Å². The first kappa shape index (κ1) is 15.6. The normalized spacial score (nSPS) is 13.7. The van der Waals surface area contributed by atoms with Crippen LogP contribution >= 0.6 is 11.3 Å². The number of fused-ring (bicyclic) bond motifs is 1. The molecule has 3 aromatic rings. The van der Waals surface area contributed by atoms with Crippen molar-refractivity contribution >= 4 is 28.1 Å². The smallest absolute Gasteiger partial charge is 0.267 e. The molecule has 0 aliphatic carbocycles. The molecule has 0 spiro atoms. The number of nitrogens with one attached hydrogen (secondary N) is 2. The monoisotopic (exact) mass is 330 g/mol.